The van der Waals surface area contributed by atoms with E-state index < -0.39 is 6.10 Å². The first kappa shape index (κ1) is 17.1. The molecule has 1 aromatic rings. The van der Waals surface area contributed by atoms with E-state index in [2.05, 4.69) is 28.2 Å². The fraction of sp³-hybridized carbons (Fsp3) is 0.625. The predicted molar refractivity (Wildman–Crippen MR) is 91.0 cm³/mol. The van der Waals surface area contributed by atoms with Crippen LogP contribution in [0.15, 0.2) is 22.7 Å². The first-order valence-corrected chi connectivity index (χ1v) is 8.70. The van der Waals surface area contributed by atoms with E-state index in [1.165, 1.54) is 12.8 Å². The van der Waals surface area contributed by atoms with Crippen molar-refractivity contribution < 1.29 is 9.84 Å². The van der Waals surface area contributed by atoms with Gasteiger partial charge < -0.3 is 15.2 Å². The van der Waals surface area contributed by atoms with E-state index in [4.69, 9.17) is 16.3 Å². The van der Waals surface area contributed by atoms with E-state index in [0.29, 0.717) is 24.3 Å². The molecule has 1 saturated carbocycles. The predicted octanol–water partition coefficient (Wildman–Crippen LogP) is 4.47. The number of anilines is 1. The summed E-state index contributed by atoms with van der Waals surface area (Å²) in [6, 6.07) is 5.54. The fourth-order valence-corrected chi connectivity index (χ4v) is 3.12. The van der Waals surface area contributed by atoms with Crippen LogP contribution in [-0.2, 0) is 4.74 Å². The Hall–Kier alpha value is -0.290. The Bertz CT molecular complexity index is 450. The van der Waals surface area contributed by atoms with Crippen LogP contribution in [0.2, 0.25) is 5.02 Å². The molecule has 0 amide bonds. The second kappa shape index (κ2) is 8.37. The van der Waals surface area contributed by atoms with E-state index in [1.54, 1.807) is 0 Å². The second-order valence-electron chi connectivity index (χ2n) is 5.87. The Morgan fingerprint density at radius 2 is 2.10 bits per heavy atom. The molecule has 1 aliphatic carbocycles. The van der Waals surface area contributed by atoms with Crippen molar-refractivity contribution in [1.29, 1.82) is 0 Å². The summed E-state index contributed by atoms with van der Waals surface area (Å²) in [6.07, 6.45) is 4.48. The maximum atomic E-state index is 10.0. The number of aliphatic hydroxyl groups is 1. The van der Waals surface area contributed by atoms with Gasteiger partial charge in [0.15, 0.2) is 0 Å². The van der Waals surface area contributed by atoms with Crippen molar-refractivity contribution in [2.45, 2.75) is 44.8 Å². The summed E-state index contributed by atoms with van der Waals surface area (Å²) in [6.45, 7) is 3.12. The van der Waals surface area contributed by atoms with E-state index >= 15 is 0 Å². The monoisotopic (exact) mass is 375 g/mol. The smallest absolute Gasteiger partial charge is 0.0945 e. The van der Waals surface area contributed by atoms with Gasteiger partial charge in [0.2, 0.25) is 0 Å². The zero-order valence-corrected chi connectivity index (χ0v) is 14.7. The molecule has 1 atom stereocenters. The molecule has 0 bridgehead atoms. The quantitative estimate of drug-likeness (QED) is 0.769. The average Bonchev–Trinajstić information content (AvgIpc) is 2.47. The third-order valence-corrected chi connectivity index (χ3v) is 4.87. The molecule has 118 valence electrons. The highest BCUT2D eigenvalue weighted by Gasteiger charge is 2.19. The molecule has 1 fully saturated rings. The van der Waals surface area contributed by atoms with Gasteiger partial charge in [-0.2, -0.15) is 0 Å². The van der Waals surface area contributed by atoms with Crippen molar-refractivity contribution in [1.82, 2.24) is 0 Å². The van der Waals surface area contributed by atoms with Gasteiger partial charge in [0.05, 0.1) is 18.8 Å². The molecule has 2 rings (SSSR count). The molecule has 3 nitrogen and oxygen atoms in total. The largest absolute Gasteiger partial charge is 0.389 e. The van der Waals surface area contributed by atoms with Crippen molar-refractivity contribution in [2.75, 3.05) is 18.5 Å². The van der Waals surface area contributed by atoms with Gasteiger partial charge in [-0.3, -0.25) is 0 Å². The van der Waals surface area contributed by atoms with Crippen LogP contribution in [0.1, 0.15) is 32.6 Å². The summed E-state index contributed by atoms with van der Waals surface area (Å²) in [4.78, 5) is 0. The number of benzene rings is 1. The summed E-state index contributed by atoms with van der Waals surface area (Å²) >= 11 is 9.41. The highest BCUT2D eigenvalue weighted by molar-refractivity contribution is 9.10. The SMILES string of the molecule is CC1CCC(OCC(O)CNc2cc(Cl)ccc2Br)CC1. The fourth-order valence-electron chi connectivity index (χ4n) is 2.56. The third-order valence-electron chi connectivity index (χ3n) is 3.94. The lowest BCUT2D eigenvalue weighted by Gasteiger charge is -2.27. The normalized spacial score (nSPS) is 23.8. The minimum absolute atomic E-state index is 0.314. The Morgan fingerprint density at radius 1 is 1.38 bits per heavy atom. The highest BCUT2D eigenvalue weighted by Crippen LogP contribution is 2.27. The molecular formula is C16H23BrClNO2. The molecule has 0 spiro atoms. The lowest BCUT2D eigenvalue weighted by atomic mass is 9.89. The Balaban J connectivity index is 1.70. The zero-order chi connectivity index (χ0) is 15.2. The molecule has 0 heterocycles. The lowest BCUT2D eigenvalue weighted by molar-refractivity contribution is -0.0245. The number of aliphatic hydroxyl groups excluding tert-OH is 1. The van der Waals surface area contributed by atoms with E-state index in [9.17, 15) is 5.11 Å². The van der Waals surface area contributed by atoms with Crippen LogP contribution in [0.4, 0.5) is 5.69 Å². The topological polar surface area (TPSA) is 41.5 Å². The number of halogens is 2. The zero-order valence-electron chi connectivity index (χ0n) is 12.3. The van der Waals surface area contributed by atoms with E-state index in [0.717, 1.165) is 28.9 Å². The van der Waals surface area contributed by atoms with Gasteiger partial charge in [0, 0.05) is 21.7 Å². The summed E-state index contributed by atoms with van der Waals surface area (Å²) in [7, 11) is 0. The minimum Gasteiger partial charge on any atom is -0.389 e. The Kier molecular flexibility index (Phi) is 6.80. The van der Waals surface area contributed by atoms with Crippen molar-refractivity contribution in [3.05, 3.63) is 27.7 Å². The maximum Gasteiger partial charge on any atom is 0.0945 e. The van der Waals surface area contributed by atoms with Gasteiger partial charge in [-0.25, -0.2) is 0 Å². The van der Waals surface area contributed by atoms with Crippen molar-refractivity contribution in [2.24, 2.45) is 5.92 Å². The first-order valence-electron chi connectivity index (χ1n) is 7.53. The summed E-state index contributed by atoms with van der Waals surface area (Å²) in [5, 5.41) is 13.9. The molecule has 2 N–H and O–H groups in total. The lowest BCUT2D eigenvalue weighted by Crippen LogP contribution is -2.29. The number of nitrogens with one attached hydrogen (secondary N) is 1. The molecule has 0 aromatic heterocycles. The van der Waals surface area contributed by atoms with Gasteiger partial charge in [0.1, 0.15) is 0 Å². The molecule has 21 heavy (non-hydrogen) atoms. The molecule has 5 heteroatoms. The van der Waals surface area contributed by atoms with Crippen LogP contribution in [0.3, 0.4) is 0 Å². The van der Waals surface area contributed by atoms with Crippen LogP contribution in [-0.4, -0.2) is 30.5 Å². The van der Waals surface area contributed by atoms with Gasteiger partial charge in [-0.15, -0.1) is 0 Å². The number of ether oxygens (including phenoxy) is 1. The van der Waals surface area contributed by atoms with Crippen LogP contribution in [0, 0.1) is 5.92 Å². The van der Waals surface area contributed by atoms with Gasteiger partial charge in [-0.05, 0) is 65.7 Å². The van der Waals surface area contributed by atoms with Crippen LogP contribution >= 0.6 is 27.5 Å². The third kappa shape index (κ3) is 5.78. The molecule has 1 unspecified atom stereocenters. The van der Waals surface area contributed by atoms with Gasteiger partial charge in [-0.1, -0.05) is 18.5 Å². The van der Waals surface area contributed by atoms with Crippen molar-refractivity contribution in [3.63, 3.8) is 0 Å². The van der Waals surface area contributed by atoms with Crippen LogP contribution < -0.4 is 5.32 Å². The Morgan fingerprint density at radius 3 is 2.81 bits per heavy atom. The van der Waals surface area contributed by atoms with Gasteiger partial charge in [0.25, 0.3) is 0 Å². The molecule has 0 aliphatic heterocycles. The van der Waals surface area contributed by atoms with Crippen molar-refractivity contribution in [3.8, 4) is 0 Å². The molecule has 1 aromatic carbocycles. The summed E-state index contributed by atoms with van der Waals surface area (Å²) in [5.74, 6) is 0.816. The molecule has 1 aliphatic rings. The number of rotatable bonds is 6. The highest BCUT2D eigenvalue weighted by atomic mass is 79.9. The number of hydrogen-bond donors (Lipinski definition) is 2. The standard InChI is InChI=1S/C16H23BrClNO2/c1-11-2-5-14(6-3-11)21-10-13(20)9-19-16-8-12(18)4-7-15(16)17/h4,7-8,11,13-14,19-20H,2-3,5-6,9-10H2,1H3. The first-order chi connectivity index (χ1) is 10.0. The number of hydrogen-bond acceptors (Lipinski definition) is 3. The van der Waals surface area contributed by atoms with Crippen LogP contribution in [0.25, 0.3) is 0 Å². The Labute approximate surface area is 140 Å². The van der Waals surface area contributed by atoms with E-state index in [1.807, 2.05) is 18.2 Å². The minimum atomic E-state index is -0.518. The van der Waals surface area contributed by atoms with Crippen molar-refractivity contribution >= 4 is 33.2 Å². The maximum absolute atomic E-state index is 10.0. The molecular weight excluding hydrogens is 354 g/mol. The van der Waals surface area contributed by atoms with Crippen LogP contribution in [0.5, 0.6) is 0 Å². The summed E-state index contributed by atoms with van der Waals surface area (Å²) in [5.41, 5.74) is 0.882. The van der Waals surface area contributed by atoms with Gasteiger partial charge >= 0.3 is 0 Å². The molecule has 0 radical (unpaired) electrons. The molecule has 0 saturated heterocycles. The second-order valence-corrected chi connectivity index (χ2v) is 7.16. The van der Waals surface area contributed by atoms with E-state index in [-0.39, 0.29) is 0 Å². The summed E-state index contributed by atoms with van der Waals surface area (Å²) < 4.78 is 6.74. The average molecular weight is 377 g/mol.